The Balaban J connectivity index is 1.73. The zero-order valence-corrected chi connectivity index (χ0v) is 19.2. The van der Waals surface area contributed by atoms with E-state index >= 15 is 4.39 Å². The first-order chi connectivity index (χ1) is 14.3. The fourth-order valence-electron chi connectivity index (χ4n) is 7.50. The van der Waals surface area contributed by atoms with Crippen LogP contribution in [0.3, 0.4) is 0 Å². The highest BCUT2D eigenvalue weighted by Crippen LogP contribution is 2.67. The van der Waals surface area contributed by atoms with Gasteiger partial charge in [-0.1, -0.05) is 26.8 Å². The van der Waals surface area contributed by atoms with Crippen molar-refractivity contribution >= 4 is 5.97 Å². The minimum atomic E-state index is -0.772. The maximum Gasteiger partial charge on any atom is 0.367 e. The highest BCUT2D eigenvalue weighted by atomic mass is 19.1. The van der Waals surface area contributed by atoms with Crippen LogP contribution >= 0.6 is 0 Å². The molecule has 4 aliphatic carbocycles. The van der Waals surface area contributed by atoms with Crippen LogP contribution in [0.25, 0.3) is 0 Å². The van der Waals surface area contributed by atoms with E-state index in [2.05, 4.69) is 32.9 Å². The lowest BCUT2D eigenvalue weighted by atomic mass is 9.46. The molecule has 0 spiro atoms. The lowest BCUT2D eigenvalue weighted by Crippen LogP contribution is -2.51. The standard InChI is InChI=1S/C26H37FO3/c1-6-16-14-17-15-18(29-5)10-12-25(17,3)20-11-13-26(4)19(22(16)20)8-9-21(26)23(27)24(28)30-7-2/h14-16,19-20,22H,6-13H2,1-5H3/t16-,19+,20+,22+,25+,26+/m1/s1. The Hall–Kier alpha value is -1.58. The van der Waals surface area contributed by atoms with E-state index < -0.39 is 11.8 Å². The molecule has 2 fully saturated rings. The summed E-state index contributed by atoms with van der Waals surface area (Å²) in [6.07, 6.45) is 11.7. The molecule has 0 aromatic heterocycles. The number of allylic oxidation sites excluding steroid dienone is 5. The smallest absolute Gasteiger partial charge is 0.367 e. The topological polar surface area (TPSA) is 35.5 Å². The third kappa shape index (κ3) is 3.08. The van der Waals surface area contributed by atoms with Crippen LogP contribution in [0.2, 0.25) is 0 Å². The Morgan fingerprint density at radius 1 is 1.13 bits per heavy atom. The number of esters is 1. The van der Waals surface area contributed by atoms with Crippen molar-refractivity contribution in [2.45, 2.75) is 72.6 Å². The highest BCUT2D eigenvalue weighted by Gasteiger charge is 2.59. The lowest BCUT2D eigenvalue weighted by molar-refractivity contribution is -0.140. The van der Waals surface area contributed by atoms with Gasteiger partial charge in [0, 0.05) is 6.42 Å². The average molecular weight is 417 g/mol. The van der Waals surface area contributed by atoms with E-state index in [1.54, 1.807) is 14.0 Å². The number of carbonyl (C=O) groups excluding carboxylic acids is 1. The summed E-state index contributed by atoms with van der Waals surface area (Å²) in [5.41, 5.74) is 2.12. The summed E-state index contributed by atoms with van der Waals surface area (Å²) in [4.78, 5) is 12.2. The second-order valence-electron chi connectivity index (χ2n) is 10.2. The van der Waals surface area contributed by atoms with Crippen molar-refractivity contribution in [2.24, 2.45) is 34.5 Å². The number of rotatable bonds is 4. The van der Waals surface area contributed by atoms with Gasteiger partial charge in [0.25, 0.3) is 0 Å². The molecular formula is C26H37FO3. The molecular weight excluding hydrogens is 379 g/mol. The first-order valence-electron chi connectivity index (χ1n) is 11.8. The van der Waals surface area contributed by atoms with Gasteiger partial charge < -0.3 is 9.47 Å². The molecule has 0 radical (unpaired) electrons. The van der Waals surface area contributed by atoms with Crippen molar-refractivity contribution in [1.29, 1.82) is 0 Å². The van der Waals surface area contributed by atoms with Gasteiger partial charge >= 0.3 is 5.97 Å². The molecule has 0 bridgehead atoms. The maximum absolute atomic E-state index is 15.1. The van der Waals surface area contributed by atoms with Crippen LogP contribution < -0.4 is 0 Å². The van der Waals surface area contributed by atoms with Crippen LogP contribution in [-0.4, -0.2) is 19.7 Å². The molecule has 0 unspecified atom stereocenters. The molecule has 4 heteroatoms. The first kappa shape index (κ1) is 21.6. The molecule has 0 aromatic carbocycles. The van der Waals surface area contributed by atoms with Crippen molar-refractivity contribution in [3.63, 3.8) is 0 Å². The molecule has 0 aromatic rings. The monoisotopic (exact) mass is 416 g/mol. The zero-order chi connectivity index (χ0) is 21.7. The minimum absolute atomic E-state index is 0.172. The van der Waals surface area contributed by atoms with Crippen molar-refractivity contribution in [3.8, 4) is 0 Å². The molecule has 4 rings (SSSR count). The summed E-state index contributed by atoms with van der Waals surface area (Å²) < 4.78 is 25.7. The van der Waals surface area contributed by atoms with Crippen molar-refractivity contribution < 1.29 is 18.7 Å². The third-order valence-corrected chi connectivity index (χ3v) is 9.14. The molecule has 0 heterocycles. The predicted molar refractivity (Wildman–Crippen MR) is 116 cm³/mol. The molecule has 6 atom stereocenters. The van der Waals surface area contributed by atoms with Gasteiger partial charge in [-0.15, -0.1) is 0 Å². The van der Waals surface area contributed by atoms with Gasteiger partial charge in [0.2, 0.25) is 5.83 Å². The maximum atomic E-state index is 15.1. The van der Waals surface area contributed by atoms with E-state index in [4.69, 9.17) is 9.47 Å². The predicted octanol–water partition coefficient (Wildman–Crippen LogP) is 6.51. The number of halogens is 1. The van der Waals surface area contributed by atoms with Gasteiger partial charge in [-0.2, -0.15) is 4.39 Å². The Morgan fingerprint density at radius 2 is 1.87 bits per heavy atom. The molecule has 0 N–H and O–H groups in total. The number of hydrogen-bond acceptors (Lipinski definition) is 3. The van der Waals surface area contributed by atoms with Gasteiger partial charge in [-0.3, -0.25) is 0 Å². The van der Waals surface area contributed by atoms with Gasteiger partial charge in [-0.25, -0.2) is 4.79 Å². The molecule has 0 aliphatic heterocycles. The van der Waals surface area contributed by atoms with Crippen LogP contribution in [0.1, 0.15) is 72.6 Å². The highest BCUT2D eigenvalue weighted by molar-refractivity contribution is 5.87. The third-order valence-electron chi connectivity index (χ3n) is 9.14. The van der Waals surface area contributed by atoms with Gasteiger partial charge in [0.15, 0.2) is 0 Å². The van der Waals surface area contributed by atoms with Crippen LogP contribution in [0, 0.1) is 34.5 Å². The first-order valence-corrected chi connectivity index (χ1v) is 11.8. The summed E-state index contributed by atoms with van der Waals surface area (Å²) in [5.74, 6) is 1.80. The summed E-state index contributed by atoms with van der Waals surface area (Å²) >= 11 is 0. The van der Waals surface area contributed by atoms with Crippen molar-refractivity contribution in [3.05, 3.63) is 34.9 Å². The number of fused-ring (bicyclic) bond motifs is 5. The second-order valence-corrected chi connectivity index (χ2v) is 10.2. The SMILES string of the molecule is CCOC(=O)C(F)=C1CC[C@H]2[C@@H]3[C@H](CC)C=C4C=C(OC)CC[C@]4(C)[C@H]3CC[C@]12C. The molecule has 4 aliphatic rings. The number of hydrogen-bond donors (Lipinski definition) is 0. The fraction of sp³-hybridized carbons (Fsp3) is 0.731. The largest absolute Gasteiger partial charge is 0.501 e. The summed E-state index contributed by atoms with van der Waals surface area (Å²) in [6.45, 7) is 8.88. The van der Waals surface area contributed by atoms with Crippen molar-refractivity contribution in [1.82, 2.24) is 0 Å². The van der Waals surface area contributed by atoms with E-state index in [1.807, 2.05) is 0 Å². The Morgan fingerprint density at radius 3 is 2.53 bits per heavy atom. The Bertz CT molecular complexity index is 809. The number of ether oxygens (including phenoxy) is 2. The van der Waals surface area contributed by atoms with Crippen LogP contribution in [0.5, 0.6) is 0 Å². The van der Waals surface area contributed by atoms with Crippen LogP contribution in [0.15, 0.2) is 34.9 Å². The quantitative estimate of drug-likeness (QED) is 0.387. The van der Waals surface area contributed by atoms with E-state index in [1.165, 1.54) is 5.57 Å². The van der Waals surface area contributed by atoms with E-state index in [9.17, 15) is 4.79 Å². The molecule has 166 valence electrons. The molecule has 0 saturated heterocycles. The lowest BCUT2D eigenvalue weighted by Gasteiger charge is -2.58. The normalized spacial score (nSPS) is 41.7. The summed E-state index contributed by atoms with van der Waals surface area (Å²) in [6, 6.07) is 0. The number of methoxy groups -OCH3 is 1. The van der Waals surface area contributed by atoms with Gasteiger partial charge in [0.05, 0.1) is 19.5 Å². The summed E-state index contributed by atoms with van der Waals surface area (Å²) in [7, 11) is 1.77. The minimum Gasteiger partial charge on any atom is -0.501 e. The summed E-state index contributed by atoms with van der Waals surface area (Å²) in [5, 5.41) is 0. The molecule has 3 nitrogen and oxygen atoms in total. The average Bonchev–Trinajstić information content (AvgIpc) is 3.09. The molecule has 2 saturated carbocycles. The van der Waals surface area contributed by atoms with Gasteiger partial charge in [-0.05, 0) is 97.2 Å². The number of carbonyl (C=O) groups is 1. The Kier molecular flexibility index (Phi) is 5.65. The van der Waals surface area contributed by atoms with Crippen LogP contribution in [0.4, 0.5) is 4.39 Å². The van der Waals surface area contributed by atoms with E-state index in [0.29, 0.717) is 30.1 Å². The second kappa shape index (κ2) is 7.84. The van der Waals surface area contributed by atoms with Gasteiger partial charge in [0.1, 0.15) is 0 Å². The fourth-order valence-corrected chi connectivity index (χ4v) is 7.50. The van der Waals surface area contributed by atoms with Crippen LogP contribution in [-0.2, 0) is 14.3 Å². The molecule has 30 heavy (non-hydrogen) atoms. The zero-order valence-electron chi connectivity index (χ0n) is 19.2. The molecule has 0 amide bonds. The van der Waals surface area contributed by atoms with Crippen molar-refractivity contribution in [2.75, 3.05) is 13.7 Å². The van der Waals surface area contributed by atoms with E-state index in [0.717, 1.165) is 49.9 Å². The van der Waals surface area contributed by atoms with E-state index in [-0.39, 0.29) is 17.4 Å². The Labute approximate surface area is 180 Å².